The van der Waals surface area contributed by atoms with Crippen LogP contribution in [0.15, 0.2) is 36.4 Å². The highest BCUT2D eigenvalue weighted by molar-refractivity contribution is 6.36. The van der Waals surface area contributed by atoms with Gasteiger partial charge in [0.2, 0.25) is 0 Å². The van der Waals surface area contributed by atoms with Crippen molar-refractivity contribution < 1.29 is 14.5 Å². The second-order valence-electron chi connectivity index (χ2n) is 6.78. The number of benzene rings is 2. The van der Waals surface area contributed by atoms with Gasteiger partial charge in [0.25, 0.3) is 17.5 Å². The first-order valence-corrected chi connectivity index (χ1v) is 9.61. The van der Waals surface area contributed by atoms with Crippen LogP contribution >= 0.6 is 23.2 Å². The van der Waals surface area contributed by atoms with Crippen molar-refractivity contribution in [3.8, 4) is 0 Å². The Kier molecular flexibility index (Phi) is 4.83. The van der Waals surface area contributed by atoms with Crippen LogP contribution in [0.5, 0.6) is 0 Å². The number of fused-ring (bicyclic) bond motifs is 1. The molecule has 0 spiro atoms. The number of carbonyl (C=O) groups excluding carboxylic acids is 2. The molecule has 10 heteroatoms. The number of anilines is 1. The second kappa shape index (κ2) is 7.23. The van der Waals surface area contributed by atoms with Crippen molar-refractivity contribution in [2.75, 3.05) is 4.90 Å². The average Bonchev–Trinajstić information content (AvgIpc) is 3.11. The molecule has 2 amide bonds. The van der Waals surface area contributed by atoms with Gasteiger partial charge in [-0.2, -0.15) is 5.10 Å². The van der Waals surface area contributed by atoms with Crippen LogP contribution in [0.2, 0.25) is 10.0 Å². The lowest BCUT2D eigenvalue weighted by Gasteiger charge is -2.15. The number of carbonyl (C=O) groups is 2. The standard InChI is InChI=1S/C20H14Cl2N4O4/c1-10-18(11(2)24(23-10)9-13-14(21)6-4-7-15(13)22)25-19(27)12-5-3-8-16(26(29)30)17(12)20(25)28/h3-8H,9H2,1-2H3. The minimum Gasteiger partial charge on any atom is -0.268 e. The van der Waals surface area contributed by atoms with Gasteiger partial charge in [0, 0.05) is 21.7 Å². The van der Waals surface area contributed by atoms with E-state index in [1.54, 1.807) is 36.7 Å². The number of nitro groups is 1. The van der Waals surface area contributed by atoms with Gasteiger partial charge < -0.3 is 0 Å². The fraction of sp³-hybridized carbons (Fsp3) is 0.150. The molecule has 0 fully saturated rings. The first-order chi connectivity index (χ1) is 14.2. The Hall–Kier alpha value is -3.23. The number of nitro benzene ring substituents is 1. The Bertz CT molecular complexity index is 1230. The summed E-state index contributed by atoms with van der Waals surface area (Å²) in [5.74, 6) is -1.37. The second-order valence-corrected chi connectivity index (χ2v) is 7.59. The summed E-state index contributed by atoms with van der Waals surface area (Å²) < 4.78 is 1.59. The van der Waals surface area contributed by atoms with Gasteiger partial charge in [-0.25, -0.2) is 4.90 Å². The molecule has 0 saturated carbocycles. The van der Waals surface area contributed by atoms with Gasteiger partial charge in [0.15, 0.2) is 0 Å². The topological polar surface area (TPSA) is 98.3 Å². The van der Waals surface area contributed by atoms with Crippen LogP contribution in [0.4, 0.5) is 11.4 Å². The van der Waals surface area contributed by atoms with E-state index in [-0.39, 0.29) is 17.7 Å². The SMILES string of the molecule is Cc1nn(Cc2c(Cl)cccc2Cl)c(C)c1N1C(=O)c2cccc([N+](=O)[O-])c2C1=O. The maximum atomic E-state index is 13.0. The van der Waals surface area contributed by atoms with Crippen LogP contribution in [0.3, 0.4) is 0 Å². The number of hydrogen-bond donors (Lipinski definition) is 0. The Morgan fingerprint density at radius 2 is 1.67 bits per heavy atom. The molecule has 0 N–H and O–H groups in total. The van der Waals surface area contributed by atoms with Gasteiger partial charge in [0.1, 0.15) is 5.56 Å². The fourth-order valence-electron chi connectivity index (χ4n) is 3.62. The maximum Gasteiger partial charge on any atom is 0.283 e. The molecule has 0 unspecified atom stereocenters. The summed E-state index contributed by atoms with van der Waals surface area (Å²) in [6, 6.07) is 9.13. The summed E-state index contributed by atoms with van der Waals surface area (Å²) in [6.07, 6.45) is 0. The molecule has 1 aliphatic rings. The number of aromatic nitrogens is 2. The van der Waals surface area contributed by atoms with Crippen molar-refractivity contribution in [1.82, 2.24) is 9.78 Å². The normalized spacial score (nSPS) is 13.1. The molecule has 8 nitrogen and oxygen atoms in total. The van der Waals surface area contributed by atoms with Gasteiger partial charge in [0.05, 0.1) is 34.1 Å². The minimum atomic E-state index is -0.746. The smallest absolute Gasteiger partial charge is 0.268 e. The molecule has 0 bridgehead atoms. The molecular weight excluding hydrogens is 431 g/mol. The van der Waals surface area contributed by atoms with Crippen LogP contribution < -0.4 is 4.90 Å². The number of hydrogen-bond acceptors (Lipinski definition) is 5. The van der Waals surface area contributed by atoms with Crippen molar-refractivity contribution >= 4 is 46.4 Å². The number of imide groups is 1. The largest absolute Gasteiger partial charge is 0.283 e. The van der Waals surface area contributed by atoms with Gasteiger partial charge >= 0.3 is 0 Å². The first-order valence-electron chi connectivity index (χ1n) is 8.85. The minimum absolute atomic E-state index is 0.00472. The summed E-state index contributed by atoms with van der Waals surface area (Å²) in [4.78, 5) is 37.6. The van der Waals surface area contributed by atoms with Crippen LogP contribution in [-0.4, -0.2) is 26.5 Å². The Balaban J connectivity index is 1.79. The van der Waals surface area contributed by atoms with Crippen molar-refractivity contribution in [2.24, 2.45) is 0 Å². The van der Waals surface area contributed by atoms with E-state index in [2.05, 4.69) is 5.10 Å². The maximum absolute atomic E-state index is 13.0. The zero-order valence-electron chi connectivity index (χ0n) is 15.8. The average molecular weight is 445 g/mol. The highest BCUT2D eigenvalue weighted by atomic mass is 35.5. The Morgan fingerprint density at radius 3 is 2.30 bits per heavy atom. The van der Waals surface area contributed by atoms with Crippen molar-refractivity contribution in [3.63, 3.8) is 0 Å². The van der Waals surface area contributed by atoms with Crippen LogP contribution in [0.25, 0.3) is 0 Å². The predicted molar refractivity (Wildman–Crippen MR) is 112 cm³/mol. The fourth-order valence-corrected chi connectivity index (χ4v) is 4.14. The predicted octanol–water partition coefficient (Wildman–Crippen LogP) is 4.56. The first kappa shape index (κ1) is 20.1. The van der Waals surface area contributed by atoms with Gasteiger partial charge in [-0.3, -0.25) is 24.4 Å². The number of nitrogens with zero attached hydrogens (tertiary/aromatic N) is 4. The molecule has 4 rings (SSSR count). The number of aryl methyl sites for hydroxylation is 1. The molecule has 0 saturated heterocycles. The van der Waals surface area contributed by atoms with E-state index in [1.807, 2.05) is 0 Å². The highest BCUT2D eigenvalue weighted by Crippen LogP contribution is 2.37. The van der Waals surface area contributed by atoms with Crippen LogP contribution in [-0.2, 0) is 6.54 Å². The van der Waals surface area contributed by atoms with E-state index >= 15 is 0 Å². The Morgan fingerprint density at radius 1 is 1.03 bits per heavy atom. The van der Waals surface area contributed by atoms with Gasteiger partial charge in [-0.15, -0.1) is 0 Å². The number of rotatable bonds is 4. The van der Waals surface area contributed by atoms with Crippen LogP contribution in [0, 0.1) is 24.0 Å². The molecule has 0 atom stereocenters. The quantitative estimate of drug-likeness (QED) is 0.333. The molecule has 1 aromatic heterocycles. The van der Waals surface area contributed by atoms with E-state index in [0.717, 1.165) is 4.90 Å². The Labute approximate surface area is 180 Å². The zero-order chi connectivity index (χ0) is 21.7. The lowest BCUT2D eigenvalue weighted by molar-refractivity contribution is -0.385. The molecule has 152 valence electrons. The number of amides is 2. The van der Waals surface area contributed by atoms with Gasteiger partial charge in [-0.05, 0) is 32.0 Å². The van der Waals surface area contributed by atoms with E-state index in [9.17, 15) is 19.7 Å². The monoisotopic (exact) mass is 444 g/mol. The van der Waals surface area contributed by atoms with Crippen molar-refractivity contribution in [2.45, 2.75) is 20.4 Å². The summed E-state index contributed by atoms with van der Waals surface area (Å²) >= 11 is 12.5. The summed E-state index contributed by atoms with van der Waals surface area (Å²) in [7, 11) is 0. The van der Waals surface area contributed by atoms with Crippen molar-refractivity contribution in [1.29, 1.82) is 0 Å². The van der Waals surface area contributed by atoms with E-state index in [4.69, 9.17) is 23.2 Å². The molecule has 2 heterocycles. The third-order valence-corrected chi connectivity index (χ3v) is 5.73. The zero-order valence-corrected chi connectivity index (χ0v) is 17.4. The molecule has 30 heavy (non-hydrogen) atoms. The van der Waals surface area contributed by atoms with Crippen LogP contribution in [0.1, 0.15) is 37.7 Å². The molecule has 0 radical (unpaired) electrons. The lowest BCUT2D eigenvalue weighted by Crippen LogP contribution is -2.30. The summed E-state index contributed by atoms with van der Waals surface area (Å²) in [6.45, 7) is 3.59. The lowest BCUT2D eigenvalue weighted by atomic mass is 10.1. The third kappa shape index (κ3) is 2.96. The molecule has 3 aromatic rings. The van der Waals surface area contributed by atoms with E-state index in [0.29, 0.717) is 32.7 Å². The van der Waals surface area contributed by atoms with E-state index < -0.39 is 22.4 Å². The highest BCUT2D eigenvalue weighted by Gasteiger charge is 2.43. The van der Waals surface area contributed by atoms with E-state index in [1.165, 1.54) is 18.2 Å². The summed E-state index contributed by atoms with van der Waals surface area (Å²) in [5.41, 5.74) is 1.27. The number of halogens is 2. The molecule has 0 aliphatic carbocycles. The molecule has 1 aliphatic heterocycles. The third-order valence-electron chi connectivity index (χ3n) is 5.03. The van der Waals surface area contributed by atoms with Gasteiger partial charge in [-0.1, -0.05) is 35.3 Å². The van der Waals surface area contributed by atoms with Crippen molar-refractivity contribution in [3.05, 3.63) is 84.6 Å². The summed E-state index contributed by atoms with van der Waals surface area (Å²) in [5, 5.41) is 16.7. The molecule has 2 aromatic carbocycles. The molecular formula is C20H14Cl2N4O4.